The monoisotopic (exact) mass is 246 g/mol. The number of rotatable bonds is 5. The van der Waals surface area contributed by atoms with E-state index in [0.29, 0.717) is 13.1 Å². The van der Waals surface area contributed by atoms with Gasteiger partial charge in [-0.2, -0.15) is 13.2 Å². The minimum Gasteiger partial charge on any atom is -0.316 e. The number of hydrogen-bond donors (Lipinski definition) is 1. The van der Waals surface area contributed by atoms with Gasteiger partial charge in [0.1, 0.15) is 0 Å². The lowest BCUT2D eigenvalue weighted by molar-refractivity contribution is -0.144. The summed E-state index contributed by atoms with van der Waals surface area (Å²) in [7, 11) is 3.29. The lowest BCUT2D eigenvalue weighted by atomic mass is 10.1. The summed E-state index contributed by atoms with van der Waals surface area (Å²) in [6, 6.07) is 7.52. The highest BCUT2D eigenvalue weighted by molar-refractivity contribution is 5.26. The maximum Gasteiger partial charge on any atom is 0.401 e. The molecule has 1 N–H and O–H groups in total. The van der Waals surface area contributed by atoms with Crippen molar-refractivity contribution in [3.63, 3.8) is 0 Å². The first kappa shape index (κ1) is 14.0. The molecule has 0 heterocycles. The van der Waals surface area contributed by atoms with E-state index in [-0.39, 0.29) is 0 Å². The first-order chi connectivity index (χ1) is 7.92. The zero-order valence-electron chi connectivity index (χ0n) is 10.0. The minimum atomic E-state index is -4.15. The van der Waals surface area contributed by atoms with Crippen molar-refractivity contribution >= 4 is 0 Å². The molecule has 0 aromatic heterocycles. The lowest BCUT2D eigenvalue weighted by Gasteiger charge is -2.20. The Kier molecular flexibility index (Phi) is 4.96. The molecular weight excluding hydrogens is 229 g/mol. The Labute approximate surface area is 99.4 Å². The van der Waals surface area contributed by atoms with Gasteiger partial charge in [-0.1, -0.05) is 24.3 Å². The first-order valence-corrected chi connectivity index (χ1v) is 5.39. The second-order valence-corrected chi connectivity index (χ2v) is 4.09. The van der Waals surface area contributed by atoms with Crippen LogP contribution in [0.5, 0.6) is 0 Å². The number of nitrogens with zero attached hydrogens (tertiary/aromatic N) is 1. The summed E-state index contributed by atoms with van der Waals surface area (Å²) < 4.78 is 36.6. The SMILES string of the molecule is CNCc1ccccc1CN(C)CC(F)(F)F. The molecule has 0 aliphatic heterocycles. The molecule has 0 atom stereocenters. The van der Waals surface area contributed by atoms with Crippen LogP contribution in [-0.2, 0) is 13.1 Å². The molecule has 0 spiro atoms. The van der Waals surface area contributed by atoms with E-state index < -0.39 is 12.7 Å². The average Bonchev–Trinajstić information content (AvgIpc) is 2.18. The third-order valence-electron chi connectivity index (χ3n) is 2.38. The number of benzene rings is 1. The van der Waals surface area contributed by atoms with Gasteiger partial charge in [-0.3, -0.25) is 4.90 Å². The molecule has 17 heavy (non-hydrogen) atoms. The fourth-order valence-corrected chi connectivity index (χ4v) is 1.73. The van der Waals surface area contributed by atoms with E-state index in [4.69, 9.17) is 0 Å². The third-order valence-corrected chi connectivity index (χ3v) is 2.38. The first-order valence-electron chi connectivity index (χ1n) is 5.39. The smallest absolute Gasteiger partial charge is 0.316 e. The Bertz CT molecular complexity index is 350. The topological polar surface area (TPSA) is 15.3 Å². The third kappa shape index (κ3) is 5.19. The molecule has 1 aromatic rings. The van der Waals surface area contributed by atoms with Gasteiger partial charge in [0, 0.05) is 13.1 Å². The Morgan fingerprint density at radius 1 is 1.18 bits per heavy atom. The zero-order valence-corrected chi connectivity index (χ0v) is 10.0. The normalized spacial score (nSPS) is 12.1. The molecule has 1 rings (SSSR count). The summed E-state index contributed by atoms with van der Waals surface area (Å²) in [5.41, 5.74) is 1.96. The molecule has 0 saturated carbocycles. The quantitative estimate of drug-likeness (QED) is 0.858. The van der Waals surface area contributed by atoms with E-state index >= 15 is 0 Å². The Balaban J connectivity index is 2.67. The fraction of sp³-hybridized carbons (Fsp3) is 0.500. The van der Waals surface area contributed by atoms with Crippen LogP contribution in [0.4, 0.5) is 13.2 Å². The van der Waals surface area contributed by atoms with Crippen LogP contribution < -0.4 is 5.32 Å². The van der Waals surface area contributed by atoms with Gasteiger partial charge in [-0.15, -0.1) is 0 Å². The molecule has 96 valence electrons. The summed E-state index contributed by atoms with van der Waals surface area (Å²) >= 11 is 0. The van der Waals surface area contributed by atoms with E-state index in [1.54, 1.807) is 0 Å². The Hall–Kier alpha value is -1.07. The van der Waals surface area contributed by atoms with Crippen molar-refractivity contribution in [2.45, 2.75) is 19.3 Å². The second kappa shape index (κ2) is 6.02. The van der Waals surface area contributed by atoms with Crippen LogP contribution >= 0.6 is 0 Å². The van der Waals surface area contributed by atoms with Crippen LogP contribution in [0, 0.1) is 0 Å². The predicted octanol–water partition coefficient (Wildman–Crippen LogP) is 2.40. The van der Waals surface area contributed by atoms with Gasteiger partial charge >= 0.3 is 6.18 Å². The molecule has 0 amide bonds. The summed E-state index contributed by atoms with van der Waals surface area (Å²) in [5.74, 6) is 0. The van der Waals surface area contributed by atoms with Crippen molar-refractivity contribution in [3.8, 4) is 0 Å². The van der Waals surface area contributed by atoms with Crippen LogP contribution in [-0.4, -0.2) is 31.7 Å². The van der Waals surface area contributed by atoms with Crippen molar-refractivity contribution in [2.24, 2.45) is 0 Å². The molecule has 0 aliphatic carbocycles. The average molecular weight is 246 g/mol. The van der Waals surface area contributed by atoms with Gasteiger partial charge in [-0.05, 0) is 25.2 Å². The van der Waals surface area contributed by atoms with Gasteiger partial charge in [-0.25, -0.2) is 0 Å². The molecule has 0 fully saturated rings. The highest BCUT2D eigenvalue weighted by atomic mass is 19.4. The molecule has 0 aliphatic rings. The van der Waals surface area contributed by atoms with Crippen LogP contribution in [0.1, 0.15) is 11.1 Å². The summed E-state index contributed by atoms with van der Waals surface area (Å²) in [5, 5.41) is 3.01. The number of alkyl halides is 3. The fourth-order valence-electron chi connectivity index (χ4n) is 1.73. The second-order valence-electron chi connectivity index (χ2n) is 4.09. The molecular formula is C12H17F3N2. The van der Waals surface area contributed by atoms with Crippen LogP contribution in [0.2, 0.25) is 0 Å². The minimum absolute atomic E-state index is 0.303. The maximum atomic E-state index is 12.2. The van der Waals surface area contributed by atoms with Crippen molar-refractivity contribution in [2.75, 3.05) is 20.6 Å². The maximum absolute atomic E-state index is 12.2. The van der Waals surface area contributed by atoms with Crippen LogP contribution in [0.15, 0.2) is 24.3 Å². The summed E-state index contributed by atoms with van der Waals surface area (Å²) in [6.45, 7) is 0.0777. The van der Waals surface area contributed by atoms with Crippen molar-refractivity contribution in [1.29, 1.82) is 0 Å². The summed E-state index contributed by atoms with van der Waals surface area (Å²) in [6.07, 6.45) is -4.15. The Morgan fingerprint density at radius 2 is 1.76 bits per heavy atom. The number of halogens is 3. The molecule has 0 unspecified atom stereocenters. The van der Waals surface area contributed by atoms with Gasteiger partial charge in [0.2, 0.25) is 0 Å². The van der Waals surface area contributed by atoms with Gasteiger partial charge in [0.05, 0.1) is 6.54 Å². The molecule has 0 radical (unpaired) electrons. The van der Waals surface area contributed by atoms with Gasteiger partial charge < -0.3 is 5.32 Å². The van der Waals surface area contributed by atoms with Gasteiger partial charge in [0.25, 0.3) is 0 Å². The van der Waals surface area contributed by atoms with Crippen molar-refractivity contribution in [1.82, 2.24) is 10.2 Å². The number of nitrogens with one attached hydrogen (secondary N) is 1. The Morgan fingerprint density at radius 3 is 2.29 bits per heavy atom. The molecule has 0 bridgehead atoms. The van der Waals surface area contributed by atoms with Crippen LogP contribution in [0.25, 0.3) is 0 Å². The van der Waals surface area contributed by atoms with E-state index in [2.05, 4.69) is 5.32 Å². The lowest BCUT2D eigenvalue weighted by Crippen LogP contribution is -2.31. The highest BCUT2D eigenvalue weighted by Gasteiger charge is 2.29. The van der Waals surface area contributed by atoms with E-state index in [1.165, 1.54) is 11.9 Å². The van der Waals surface area contributed by atoms with Gasteiger partial charge in [0.15, 0.2) is 0 Å². The molecule has 0 saturated heterocycles. The van der Waals surface area contributed by atoms with Crippen molar-refractivity contribution in [3.05, 3.63) is 35.4 Å². The number of hydrogen-bond acceptors (Lipinski definition) is 2. The molecule has 2 nitrogen and oxygen atoms in total. The largest absolute Gasteiger partial charge is 0.401 e. The molecule has 5 heteroatoms. The predicted molar refractivity (Wildman–Crippen MR) is 61.6 cm³/mol. The molecule has 1 aromatic carbocycles. The highest BCUT2D eigenvalue weighted by Crippen LogP contribution is 2.18. The van der Waals surface area contributed by atoms with E-state index in [9.17, 15) is 13.2 Å². The standard InChI is InChI=1S/C12H17F3N2/c1-16-7-10-5-3-4-6-11(10)8-17(2)9-12(13,14)15/h3-6,16H,7-9H2,1-2H3. The van der Waals surface area contributed by atoms with Crippen molar-refractivity contribution < 1.29 is 13.2 Å². The van der Waals surface area contributed by atoms with E-state index in [1.807, 2.05) is 31.3 Å². The summed E-state index contributed by atoms with van der Waals surface area (Å²) in [4.78, 5) is 1.27. The zero-order chi connectivity index (χ0) is 12.9. The van der Waals surface area contributed by atoms with Crippen LogP contribution in [0.3, 0.4) is 0 Å². The van der Waals surface area contributed by atoms with E-state index in [0.717, 1.165) is 11.1 Å².